The van der Waals surface area contributed by atoms with Gasteiger partial charge in [0, 0.05) is 0 Å². The van der Waals surface area contributed by atoms with E-state index in [4.69, 9.17) is 0 Å². The fourth-order valence-electron chi connectivity index (χ4n) is 3.50. The molecular formula is C14F34O4P2-2. The van der Waals surface area contributed by atoms with E-state index in [0.717, 1.165) is 0 Å². The molecule has 330 valence electrons. The van der Waals surface area contributed by atoms with E-state index in [1.54, 1.807) is 0 Å². The maximum atomic E-state index is 15.4. The van der Waals surface area contributed by atoms with Crippen molar-refractivity contribution in [3.05, 3.63) is 0 Å². The van der Waals surface area contributed by atoms with E-state index in [1.165, 1.54) is 0 Å². The van der Waals surface area contributed by atoms with Gasteiger partial charge < -0.3 is 0 Å². The minimum absolute atomic E-state index is 0.169. The molecule has 0 radical (unpaired) electrons. The van der Waals surface area contributed by atoms with Crippen molar-refractivity contribution in [1.29, 1.82) is 0 Å². The predicted octanol–water partition coefficient (Wildman–Crippen LogP) is 12.5. The number of alkyl halides is 30. The number of carbonyl (C=O) groups is 2. The van der Waals surface area contributed by atoms with E-state index >= 15 is 16.8 Å². The van der Waals surface area contributed by atoms with Crippen molar-refractivity contribution in [2.45, 2.75) is 71.0 Å². The van der Waals surface area contributed by atoms with Gasteiger partial charge in [-0.05, 0) is 0 Å². The molecule has 40 heteroatoms. The third-order valence-electron chi connectivity index (χ3n) is 6.44. The van der Waals surface area contributed by atoms with Crippen LogP contribution in [0.3, 0.4) is 0 Å². The zero-order chi connectivity index (χ0) is 45.4. The predicted molar refractivity (Wildman–Crippen MR) is 96.5 cm³/mol. The van der Waals surface area contributed by atoms with Crippen LogP contribution in [0.25, 0.3) is 0 Å². The number of hydrogen-bond acceptors (Lipinski definition) is 4. The first-order valence-corrected chi connectivity index (χ1v) is 15.4. The molecule has 0 fully saturated rings. The molecule has 0 bridgehead atoms. The van der Waals surface area contributed by atoms with Crippen molar-refractivity contribution in [2.24, 2.45) is 0 Å². The molecule has 0 spiro atoms. The molecule has 0 unspecified atom stereocenters. The van der Waals surface area contributed by atoms with Gasteiger partial charge in [-0.25, -0.2) is 0 Å². The number of rotatable bonds is 8. The van der Waals surface area contributed by atoms with Gasteiger partial charge in [-0.2, -0.15) is 0 Å². The monoisotopic (exact) mass is 940 g/mol. The fourth-order valence-corrected chi connectivity index (χ4v) is 10.5. The first kappa shape index (κ1) is 51.4. The molecule has 0 amide bonds. The van der Waals surface area contributed by atoms with E-state index < -0.39 is 96.6 Å². The Bertz CT molecular complexity index is 1290. The first-order chi connectivity index (χ1) is 22.2. The Balaban J connectivity index is 9.59. The van der Waals surface area contributed by atoms with Crippen LogP contribution in [0.15, 0.2) is 0 Å². The van der Waals surface area contributed by atoms with E-state index in [2.05, 4.69) is 0 Å². The Hall–Kier alpha value is -2.58. The van der Waals surface area contributed by atoms with Crippen molar-refractivity contribution in [2.75, 3.05) is 0 Å². The van der Waals surface area contributed by atoms with Crippen LogP contribution >= 0.6 is 13.6 Å². The van der Waals surface area contributed by atoms with Gasteiger partial charge in [0.2, 0.25) is 0 Å². The summed E-state index contributed by atoms with van der Waals surface area (Å²) in [5, 5.41) is 0. The van der Waals surface area contributed by atoms with Crippen LogP contribution in [0.4, 0.5) is 149 Å². The molecule has 0 aromatic heterocycles. The topological polar surface area (TPSA) is 52.6 Å². The molecule has 0 aromatic carbocycles. The second-order valence-electron chi connectivity index (χ2n) is 9.63. The van der Waals surface area contributed by atoms with E-state index in [0.29, 0.717) is 0 Å². The molecule has 0 aliphatic rings. The third-order valence-corrected chi connectivity index (χ3v) is 16.4. The molecule has 0 saturated heterocycles. The molecular weight excluding hydrogens is 940 g/mol. The van der Waals surface area contributed by atoms with Crippen molar-refractivity contribution in [3.63, 3.8) is 0 Å². The third kappa shape index (κ3) is 4.56. The zero-order valence-corrected chi connectivity index (χ0v) is 24.2. The maximum absolute atomic E-state index is 16.8. The van der Waals surface area contributed by atoms with Gasteiger partial charge in [0.15, 0.2) is 0 Å². The van der Waals surface area contributed by atoms with Crippen molar-refractivity contribution in [3.8, 4) is 0 Å². The summed E-state index contributed by atoms with van der Waals surface area (Å²) in [5.41, 5.74) is -66.3. The number of carbonyl (C=O) groups excluding carboxylic acids is 2. The first-order valence-electron chi connectivity index (χ1n) is 10.6. The SMILES string of the molecule is O=C(O[P-](F)(F)(C(F)(F)C(F)(F)F)(C(F)(F)C(F)(F)F)C(F)(F)C(F)(F)F)C(=O)O[P-](F)(F)(C(F)(F)C(F)(F)F)(C(F)(F)C(F)(F)F)C(F)(F)C(F)(F)F. The number of hydrogen-bond donors (Lipinski definition) is 0. The van der Waals surface area contributed by atoms with Crippen LogP contribution in [0.1, 0.15) is 0 Å². The van der Waals surface area contributed by atoms with E-state index in [1.807, 2.05) is 0 Å². The molecule has 0 aliphatic heterocycles. The minimum atomic E-state index is -16.8. The zero-order valence-electron chi connectivity index (χ0n) is 22.4. The molecule has 0 rings (SSSR count). The van der Waals surface area contributed by atoms with Crippen LogP contribution < -0.4 is 0 Å². The van der Waals surface area contributed by atoms with Crippen LogP contribution in [-0.2, 0) is 18.6 Å². The summed E-state index contributed by atoms with van der Waals surface area (Å²) in [6.07, 6.45) is -59.0. The van der Waals surface area contributed by atoms with Crippen LogP contribution in [0, 0.1) is 0 Å². The molecule has 0 saturated carbocycles. The summed E-state index contributed by atoms with van der Waals surface area (Å²) in [6.45, 7) is -33.5. The van der Waals surface area contributed by atoms with Crippen molar-refractivity contribution in [1.82, 2.24) is 0 Å². The quantitative estimate of drug-likeness (QED) is 0.138. The van der Waals surface area contributed by atoms with Crippen molar-refractivity contribution >= 4 is 25.5 Å². The molecule has 4 nitrogen and oxygen atoms in total. The van der Waals surface area contributed by atoms with E-state index in [9.17, 15) is 141 Å². The number of halogens is 34. The van der Waals surface area contributed by atoms with Gasteiger partial charge in [0.1, 0.15) is 0 Å². The van der Waals surface area contributed by atoms with Gasteiger partial charge in [-0.3, -0.25) is 0 Å². The second kappa shape index (κ2) is 10.7. The Morgan fingerprint density at radius 1 is 0.259 bits per heavy atom. The molecule has 0 aromatic rings. The summed E-state index contributed by atoms with van der Waals surface area (Å²) in [5.74, 6) is -14.3. The fraction of sp³-hybridized carbons (Fsp3) is 0.857. The Morgan fingerprint density at radius 2 is 0.352 bits per heavy atom. The molecule has 0 N–H and O–H groups in total. The summed E-state index contributed by atoms with van der Waals surface area (Å²) >= 11 is 0. The molecule has 0 aliphatic carbocycles. The Morgan fingerprint density at radius 3 is 0.426 bits per heavy atom. The second-order valence-corrected chi connectivity index (χ2v) is 18.6. The standard InChI is InChI=1S/C14F34O4P2/c15-3(16,17)9(33,34)53(45,46,10(35,36)4(18,19)20,11(37,38)5(21,22)23)51-1(49)2(50)52-54(47,48,12(39,40)6(24,25)26,13(41,42)7(27,28)29)14(43,44)8(30,31)32/q-2. The Labute approximate surface area is 265 Å². The van der Waals surface area contributed by atoms with Gasteiger partial charge in [-0.1, -0.05) is 0 Å². The average Bonchev–Trinajstić information content (AvgIpc) is 2.84. The van der Waals surface area contributed by atoms with Crippen LogP contribution in [-0.4, -0.2) is 83.0 Å². The summed E-state index contributed by atoms with van der Waals surface area (Å²) in [7, 11) is 0. The van der Waals surface area contributed by atoms with Crippen LogP contribution in [0.5, 0.6) is 0 Å². The Kier molecular flexibility index (Phi) is 10.2. The van der Waals surface area contributed by atoms with Gasteiger partial charge in [-0.15, -0.1) is 0 Å². The molecule has 0 heterocycles. The van der Waals surface area contributed by atoms with Gasteiger partial charge >= 0.3 is 264 Å². The van der Waals surface area contributed by atoms with Crippen molar-refractivity contribution < 1.29 is 167 Å². The van der Waals surface area contributed by atoms with Gasteiger partial charge in [0.25, 0.3) is 0 Å². The summed E-state index contributed by atoms with van der Waals surface area (Å²) < 4.78 is 463. The molecule has 0 atom stereocenters. The van der Waals surface area contributed by atoms with Gasteiger partial charge in [0.05, 0.1) is 0 Å². The molecule has 54 heavy (non-hydrogen) atoms. The van der Waals surface area contributed by atoms with E-state index in [-0.39, 0.29) is 9.05 Å². The summed E-state index contributed by atoms with van der Waals surface area (Å²) in [4.78, 5) is 22.9. The average molecular weight is 940 g/mol. The summed E-state index contributed by atoms with van der Waals surface area (Å²) in [6, 6.07) is 0. The van der Waals surface area contributed by atoms with Crippen LogP contribution in [0.2, 0.25) is 0 Å². The normalized spacial score (nSPS) is 18.9.